The normalized spacial score (nSPS) is 10.1. The minimum Gasteiger partial charge on any atom is -0.288 e. The Bertz CT molecular complexity index is 366. The lowest BCUT2D eigenvalue weighted by atomic mass is 10.5. The van der Waals surface area contributed by atoms with Gasteiger partial charge in [-0.1, -0.05) is 0 Å². The monoisotopic (exact) mass is 160 g/mol. The van der Waals surface area contributed by atoms with Crippen molar-refractivity contribution >= 4 is 0 Å². The van der Waals surface area contributed by atoms with Crippen LogP contribution in [0, 0.1) is 6.92 Å². The molecule has 0 aliphatic carbocycles. The van der Waals surface area contributed by atoms with Gasteiger partial charge in [-0.2, -0.15) is 0 Å². The minimum absolute atomic E-state index is 0.847. The number of rotatable bonds is 1. The van der Waals surface area contributed by atoms with Crippen LogP contribution in [-0.2, 0) is 0 Å². The zero-order valence-electron chi connectivity index (χ0n) is 6.68. The fraction of sp³-hybridized carbons (Fsp3) is 0.125. The molecule has 12 heavy (non-hydrogen) atoms. The molecule has 0 atom stereocenters. The zero-order valence-corrected chi connectivity index (χ0v) is 6.68. The molecule has 0 N–H and O–H groups in total. The second-order valence-corrected chi connectivity index (χ2v) is 2.41. The first-order valence-corrected chi connectivity index (χ1v) is 3.64. The van der Waals surface area contributed by atoms with E-state index in [1.54, 1.807) is 12.4 Å². The van der Waals surface area contributed by atoms with E-state index < -0.39 is 0 Å². The van der Waals surface area contributed by atoms with Gasteiger partial charge in [-0.25, -0.2) is 15.0 Å². The highest BCUT2D eigenvalue weighted by atomic mass is 15.1. The van der Waals surface area contributed by atoms with Gasteiger partial charge in [0.05, 0.1) is 0 Å². The lowest BCUT2D eigenvalue weighted by Gasteiger charge is -2.00. The second-order valence-electron chi connectivity index (χ2n) is 2.41. The van der Waals surface area contributed by atoms with E-state index in [4.69, 9.17) is 0 Å². The van der Waals surface area contributed by atoms with Crippen LogP contribution in [0.15, 0.2) is 31.0 Å². The predicted molar refractivity (Wildman–Crippen MR) is 43.9 cm³/mol. The third kappa shape index (κ3) is 1.07. The number of hydrogen-bond donors (Lipinski definition) is 0. The summed E-state index contributed by atoms with van der Waals surface area (Å²) < 4.78 is 1.90. The first kappa shape index (κ1) is 6.97. The molecule has 0 spiro atoms. The topological polar surface area (TPSA) is 43.6 Å². The summed E-state index contributed by atoms with van der Waals surface area (Å²) in [5.41, 5.74) is 0. The van der Waals surface area contributed by atoms with Crippen molar-refractivity contribution in [3.8, 4) is 5.82 Å². The highest BCUT2D eigenvalue weighted by Gasteiger charge is 1.98. The summed E-state index contributed by atoms with van der Waals surface area (Å²) in [6.07, 6.45) is 6.85. The number of hydrogen-bond acceptors (Lipinski definition) is 3. The van der Waals surface area contributed by atoms with E-state index in [1.165, 1.54) is 6.33 Å². The van der Waals surface area contributed by atoms with Crippen LogP contribution < -0.4 is 0 Å². The van der Waals surface area contributed by atoms with E-state index in [0.717, 1.165) is 11.6 Å². The fourth-order valence-electron chi connectivity index (χ4n) is 1.05. The molecule has 2 heterocycles. The molecule has 0 saturated carbocycles. The second kappa shape index (κ2) is 2.73. The van der Waals surface area contributed by atoms with Crippen LogP contribution >= 0.6 is 0 Å². The maximum Gasteiger partial charge on any atom is 0.141 e. The Morgan fingerprint density at radius 1 is 1.25 bits per heavy atom. The quantitative estimate of drug-likeness (QED) is 0.624. The van der Waals surface area contributed by atoms with Crippen molar-refractivity contribution in [2.75, 3.05) is 0 Å². The Kier molecular flexibility index (Phi) is 1.59. The summed E-state index contributed by atoms with van der Waals surface area (Å²) in [6, 6.07) is 1.84. The van der Waals surface area contributed by atoms with Crippen molar-refractivity contribution < 1.29 is 0 Å². The standard InChI is InChI=1S/C8H8N4/c1-7-10-4-5-12(7)8-2-3-9-6-11-8/h2-6H,1H3. The number of nitrogens with zero attached hydrogens (tertiary/aromatic N) is 4. The molecule has 60 valence electrons. The van der Waals surface area contributed by atoms with Crippen molar-refractivity contribution in [1.29, 1.82) is 0 Å². The van der Waals surface area contributed by atoms with E-state index in [-0.39, 0.29) is 0 Å². The largest absolute Gasteiger partial charge is 0.288 e. The van der Waals surface area contributed by atoms with Crippen molar-refractivity contribution in [1.82, 2.24) is 19.5 Å². The van der Waals surface area contributed by atoms with Gasteiger partial charge in [-0.3, -0.25) is 4.57 Å². The minimum atomic E-state index is 0.847. The van der Waals surface area contributed by atoms with Gasteiger partial charge < -0.3 is 0 Å². The number of imidazole rings is 1. The first-order chi connectivity index (χ1) is 5.88. The Hall–Kier alpha value is -1.71. The summed E-state index contributed by atoms with van der Waals surface area (Å²) in [5.74, 6) is 1.77. The molecular weight excluding hydrogens is 152 g/mol. The van der Waals surface area contributed by atoms with Crippen molar-refractivity contribution in [3.63, 3.8) is 0 Å². The fourth-order valence-corrected chi connectivity index (χ4v) is 1.05. The van der Waals surface area contributed by atoms with E-state index in [0.29, 0.717) is 0 Å². The van der Waals surface area contributed by atoms with Gasteiger partial charge in [-0.15, -0.1) is 0 Å². The Morgan fingerprint density at radius 3 is 2.75 bits per heavy atom. The Balaban J connectivity index is 2.51. The van der Waals surface area contributed by atoms with Gasteiger partial charge in [0.2, 0.25) is 0 Å². The predicted octanol–water partition coefficient (Wildman–Crippen LogP) is 0.971. The van der Waals surface area contributed by atoms with Crippen LogP contribution in [0.1, 0.15) is 5.82 Å². The van der Waals surface area contributed by atoms with Crippen LogP contribution in [0.2, 0.25) is 0 Å². The third-order valence-corrected chi connectivity index (χ3v) is 1.64. The molecule has 2 aromatic rings. The average Bonchev–Trinajstić information content (AvgIpc) is 2.53. The van der Waals surface area contributed by atoms with Gasteiger partial charge in [0.25, 0.3) is 0 Å². The first-order valence-electron chi connectivity index (χ1n) is 3.64. The van der Waals surface area contributed by atoms with Crippen molar-refractivity contribution in [2.45, 2.75) is 6.92 Å². The molecule has 0 saturated heterocycles. The number of aromatic nitrogens is 4. The molecule has 0 aliphatic heterocycles. The van der Waals surface area contributed by atoms with Gasteiger partial charge in [-0.05, 0) is 13.0 Å². The van der Waals surface area contributed by atoms with E-state index in [9.17, 15) is 0 Å². The molecule has 0 aromatic carbocycles. The molecule has 2 rings (SSSR count). The molecule has 0 unspecified atom stereocenters. The lowest BCUT2D eigenvalue weighted by Crippen LogP contribution is -1.97. The SMILES string of the molecule is Cc1nccn1-c1ccncn1. The van der Waals surface area contributed by atoms with Gasteiger partial charge >= 0.3 is 0 Å². The maximum absolute atomic E-state index is 4.10. The lowest BCUT2D eigenvalue weighted by molar-refractivity contribution is 0.920. The summed E-state index contributed by atoms with van der Waals surface area (Å²) in [5, 5.41) is 0. The molecule has 0 bridgehead atoms. The molecule has 0 amide bonds. The van der Waals surface area contributed by atoms with Crippen LogP contribution in [0.25, 0.3) is 5.82 Å². The van der Waals surface area contributed by atoms with Crippen molar-refractivity contribution in [3.05, 3.63) is 36.8 Å². The molecular formula is C8H8N4. The van der Waals surface area contributed by atoms with Gasteiger partial charge in [0, 0.05) is 18.6 Å². The summed E-state index contributed by atoms with van der Waals surface area (Å²) in [7, 11) is 0. The van der Waals surface area contributed by atoms with Crippen LogP contribution in [0.3, 0.4) is 0 Å². The maximum atomic E-state index is 4.10. The molecule has 0 aliphatic rings. The highest BCUT2D eigenvalue weighted by Crippen LogP contribution is 2.03. The Labute approximate surface area is 69.9 Å². The summed E-state index contributed by atoms with van der Waals surface area (Å²) in [4.78, 5) is 12.0. The number of aryl methyl sites for hydroxylation is 1. The van der Waals surface area contributed by atoms with Crippen molar-refractivity contribution in [2.24, 2.45) is 0 Å². The van der Waals surface area contributed by atoms with Gasteiger partial charge in [0.1, 0.15) is 18.0 Å². The molecule has 4 heteroatoms. The Morgan fingerprint density at radius 2 is 2.17 bits per heavy atom. The molecule has 2 aromatic heterocycles. The molecule has 4 nitrogen and oxygen atoms in total. The van der Waals surface area contributed by atoms with E-state index >= 15 is 0 Å². The summed E-state index contributed by atoms with van der Waals surface area (Å²) in [6.45, 7) is 1.93. The molecule has 0 radical (unpaired) electrons. The average molecular weight is 160 g/mol. The third-order valence-electron chi connectivity index (χ3n) is 1.64. The highest BCUT2D eigenvalue weighted by molar-refractivity contribution is 5.21. The van der Waals surface area contributed by atoms with Gasteiger partial charge in [0.15, 0.2) is 0 Å². The van der Waals surface area contributed by atoms with E-state index in [2.05, 4.69) is 15.0 Å². The van der Waals surface area contributed by atoms with Crippen LogP contribution in [0.4, 0.5) is 0 Å². The smallest absolute Gasteiger partial charge is 0.141 e. The van der Waals surface area contributed by atoms with E-state index in [1.807, 2.05) is 23.8 Å². The summed E-state index contributed by atoms with van der Waals surface area (Å²) >= 11 is 0. The van der Waals surface area contributed by atoms with Crippen LogP contribution in [-0.4, -0.2) is 19.5 Å². The molecule has 0 fully saturated rings. The zero-order chi connectivity index (χ0) is 8.39. The van der Waals surface area contributed by atoms with Crippen LogP contribution in [0.5, 0.6) is 0 Å².